The standard InChI is InChI=1S/C85H161NO10/c1-3-5-7-9-11-13-15-17-18-45-49-53-57-61-65-69-73-81(90)94-74-70-66-62-58-54-50-46-43-41-39-37-35-33-31-29-27-25-23-21-19-20-22-24-26-28-30-32-34-36-38-40-42-44-48-52-56-60-64-68-72-80(89)86-77(76-95-85-84(93)83(92)82(91)79(75-87)96-85)78(88)71-67-63-59-55-51-47-16-14-12-10-8-6-4-2/h12,14,51,55,67,71,77-79,82-85,87-88,91-93H,3-11,13,15-50,52-54,56-66,68-70,72-76H2,1-2H3,(H,86,89)/b14-12+,55-51+,71-67+. The van der Waals surface area contributed by atoms with Crippen LogP contribution in [-0.2, 0) is 23.8 Å². The quantitative estimate of drug-likeness (QED) is 0.0195. The number of hydrogen-bond donors (Lipinski definition) is 6. The fraction of sp³-hybridized carbons (Fsp3) is 0.906. The molecule has 11 nitrogen and oxygen atoms in total. The first-order valence-electron chi connectivity index (χ1n) is 42.3. The number of rotatable bonds is 76. The van der Waals surface area contributed by atoms with Gasteiger partial charge in [-0.15, -0.1) is 0 Å². The van der Waals surface area contributed by atoms with Crippen LogP contribution in [0.1, 0.15) is 431 Å². The maximum absolute atomic E-state index is 13.1. The van der Waals surface area contributed by atoms with Gasteiger partial charge >= 0.3 is 5.97 Å². The molecule has 0 saturated carbocycles. The van der Waals surface area contributed by atoms with Crippen molar-refractivity contribution in [2.24, 2.45) is 0 Å². The smallest absolute Gasteiger partial charge is 0.305 e. The molecule has 0 aliphatic carbocycles. The van der Waals surface area contributed by atoms with Crippen molar-refractivity contribution in [3.05, 3.63) is 36.5 Å². The fourth-order valence-electron chi connectivity index (χ4n) is 13.7. The molecule has 7 atom stereocenters. The van der Waals surface area contributed by atoms with Crippen molar-refractivity contribution in [3.8, 4) is 0 Å². The van der Waals surface area contributed by atoms with Crippen LogP contribution in [0, 0.1) is 0 Å². The maximum Gasteiger partial charge on any atom is 0.305 e. The molecule has 1 rings (SSSR count). The summed E-state index contributed by atoms with van der Waals surface area (Å²) in [6.45, 7) is 4.36. The number of aliphatic hydroxyl groups excluding tert-OH is 5. The Labute approximate surface area is 594 Å². The SMILES string of the molecule is CCCCC/C=C/CC/C=C/CC/C=C/C(O)C(COC1OC(CO)C(O)C(O)C1O)NC(=O)CCCCCCCCCCCCCCCCCCCCCCCCCCCCCCCCCCCCCCCCCOC(=O)CCCCCCCCCCCCCCCCCC. The molecule has 1 aliphatic rings. The Morgan fingerprint density at radius 3 is 1.03 bits per heavy atom. The summed E-state index contributed by atoms with van der Waals surface area (Å²) in [7, 11) is 0. The van der Waals surface area contributed by atoms with Crippen molar-refractivity contribution in [1.82, 2.24) is 5.32 Å². The number of esters is 1. The second-order valence-electron chi connectivity index (χ2n) is 29.5. The number of ether oxygens (including phenoxy) is 3. The van der Waals surface area contributed by atoms with Crippen molar-refractivity contribution in [2.75, 3.05) is 19.8 Å². The topological polar surface area (TPSA) is 175 Å². The van der Waals surface area contributed by atoms with Crippen molar-refractivity contribution in [2.45, 2.75) is 474 Å². The van der Waals surface area contributed by atoms with Crippen LogP contribution in [0.3, 0.4) is 0 Å². The second kappa shape index (κ2) is 74.1. The molecule has 0 radical (unpaired) electrons. The molecule has 1 saturated heterocycles. The highest BCUT2D eigenvalue weighted by Gasteiger charge is 2.44. The maximum atomic E-state index is 13.1. The fourth-order valence-corrected chi connectivity index (χ4v) is 13.7. The summed E-state index contributed by atoms with van der Waals surface area (Å²) in [5, 5.41) is 54.5. The first-order chi connectivity index (χ1) is 47.2. The Kier molecular flexibility index (Phi) is 70.9. The highest BCUT2D eigenvalue weighted by Crippen LogP contribution is 2.24. The van der Waals surface area contributed by atoms with Gasteiger partial charge in [0.2, 0.25) is 5.91 Å². The van der Waals surface area contributed by atoms with E-state index in [1.54, 1.807) is 6.08 Å². The molecule has 566 valence electrons. The minimum atomic E-state index is -1.58. The number of aliphatic hydroxyl groups is 5. The zero-order chi connectivity index (χ0) is 69.4. The van der Waals surface area contributed by atoms with Gasteiger partial charge in [-0.3, -0.25) is 9.59 Å². The zero-order valence-electron chi connectivity index (χ0n) is 63.4. The molecular weight excluding hydrogens is 1190 g/mol. The van der Waals surface area contributed by atoms with Crippen LogP contribution in [0.5, 0.6) is 0 Å². The number of amides is 1. The Hall–Kier alpha value is -2.12. The Balaban J connectivity index is 1.86. The van der Waals surface area contributed by atoms with Crippen LogP contribution in [-0.4, -0.2) is 100 Å². The van der Waals surface area contributed by atoms with Crippen LogP contribution >= 0.6 is 0 Å². The van der Waals surface area contributed by atoms with Crippen molar-refractivity contribution >= 4 is 11.9 Å². The molecular formula is C85H161NO10. The van der Waals surface area contributed by atoms with Crippen LogP contribution in [0.2, 0.25) is 0 Å². The summed E-state index contributed by atoms with van der Waals surface area (Å²) in [4.78, 5) is 25.2. The van der Waals surface area contributed by atoms with Crippen molar-refractivity contribution < 1.29 is 49.3 Å². The molecule has 6 N–H and O–H groups in total. The van der Waals surface area contributed by atoms with Gasteiger partial charge in [0.05, 0.1) is 32.0 Å². The largest absolute Gasteiger partial charge is 0.466 e. The molecule has 1 fully saturated rings. The van der Waals surface area contributed by atoms with Gasteiger partial charge in [-0.2, -0.15) is 0 Å². The first kappa shape index (κ1) is 91.9. The lowest BCUT2D eigenvalue weighted by molar-refractivity contribution is -0.302. The summed E-state index contributed by atoms with van der Waals surface area (Å²) < 4.78 is 16.8. The Bertz CT molecular complexity index is 1690. The molecule has 0 spiro atoms. The van der Waals surface area contributed by atoms with E-state index in [1.807, 2.05) is 6.08 Å². The minimum Gasteiger partial charge on any atom is -0.466 e. The van der Waals surface area contributed by atoms with Gasteiger partial charge in [0.1, 0.15) is 24.4 Å². The lowest BCUT2D eigenvalue weighted by Crippen LogP contribution is -2.60. The third-order valence-corrected chi connectivity index (χ3v) is 20.2. The third kappa shape index (κ3) is 61.7. The van der Waals surface area contributed by atoms with Gasteiger partial charge in [-0.1, -0.05) is 397 Å². The number of nitrogens with one attached hydrogen (secondary N) is 1. The highest BCUT2D eigenvalue weighted by atomic mass is 16.7. The van der Waals surface area contributed by atoms with Gasteiger partial charge < -0.3 is 45.1 Å². The number of carbonyl (C=O) groups excluding carboxylic acids is 2. The molecule has 96 heavy (non-hydrogen) atoms. The molecule has 0 aromatic carbocycles. The van der Waals surface area contributed by atoms with E-state index in [-0.39, 0.29) is 18.5 Å². The molecule has 0 aromatic rings. The summed E-state index contributed by atoms with van der Waals surface area (Å²) in [5.41, 5.74) is 0. The summed E-state index contributed by atoms with van der Waals surface area (Å²) in [5.74, 6) is -0.166. The average molecular weight is 1360 g/mol. The van der Waals surface area contributed by atoms with E-state index in [4.69, 9.17) is 14.2 Å². The van der Waals surface area contributed by atoms with Crippen LogP contribution < -0.4 is 5.32 Å². The van der Waals surface area contributed by atoms with Gasteiger partial charge in [-0.05, 0) is 57.8 Å². The molecule has 0 aromatic heterocycles. The molecule has 0 bridgehead atoms. The molecule has 1 heterocycles. The number of allylic oxidation sites excluding steroid dienone is 5. The molecule has 1 amide bonds. The molecule has 7 unspecified atom stereocenters. The normalized spacial score (nSPS) is 17.4. The number of hydrogen-bond acceptors (Lipinski definition) is 10. The van der Waals surface area contributed by atoms with E-state index < -0.39 is 49.5 Å². The predicted molar refractivity (Wildman–Crippen MR) is 407 cm³/mol. The predicted octanol–water partition coefficient (Wildman–Crippen LogP) is 23.3. The van der Waals surface area contributed by atoms with Gasteiger partial charge in [0.15, 0.2) is 6.29 Å². The monoisotopic (exact) mass is 1360 g/mol. The van der Waals surface area contributed by atoms with Crippen LogP contribution in [0.15, 0.2) is 36.5 Å². The Morgan fingerprint density at radius 2 is 0.677 bits per heavy atom. The lowest BCUT2D eigenvalue weighted by atomic mass is 9.99. The van der Waals surface area contributed by atoms with E-state index in [9.17, 15) is 35.1 Å². The zero-order valence-corrected chi connectivity index (χ0v) is 63.4. The third-order valence-electron chi connectivity index (χ3n) is 20.2. The van der Waals surface area contributed by atoms with Crippen molar-refractivity contribution in [3.63, 3.8) is 0 Å². The average Bonchev–Trinajstić information content (AvgIpc) is 0.843. The molecule has 11 heteroatoms. The minimum absolute atomic E-state index is 0.0224. The van der Waals surface area contributed by atoms with E-state index in [0.29, 0.717) is 19.4 Å². The van der Waals surface area contributed by atoms with Gasteiger partial charge in [0, 0.05) is 12.8 Å². The number of carbonyl (C=O) groups is 2. The first-order valence-corrected chi connectivity index (χ1v) is 42.3. The Morgan fingerprint density at radius 1 is 0.375 bits per heavy atom. The van der Waals surface area contributed by atoms with E-state index in [2.05, 4.69) is 43.5 Å². The number of unbranched alkanes of at least 4 members (excludes halogenated alkanes) is 58. The lowest BCUT2D eigenvalue weighted by Gasteiger charge is -2.40. The summed E-state index contributed by atoms with van der Waals surface area (Å²) in [6, 6.07) is -0.830. The van der Waals surface area contributed by atoms with E-state index in [1.165, 1.54) is 340 Å². The van der Waals surface area contributed by atoms with E-state index >= 15 is 0 Å². The summed E-state index contributed by atoms with van der Waals surface area (Å²) in [6.07, 6.45) is 87.8. The van der Waals surface area contributed by atoms with E-state index in [0.717, 1.165) is 64.2 Å². The van der Waals surface area contributed by atoms with Crippen LogP contribution in [0.4, 0.5) is 0 Å². The van der Waals surface area contributed by atoms with Gasteiger partial charge in [0.25, 0.3) is 0 Å². The highest BCUT2D eigenvalue weighted by molar-refractivity contribution is 5.76. The van der Waals surface area contributed by atoms with Crippen molar-refractivity contribution in [1.29, 1.82) is 0 Å². The van der Waals surface area contributed by atoms with Crippen LogP contribution in [0.25, 0.3) is 0 Å². The second-order valence-corrected chi connectivity index (χ2v) is 29.5. The van der Waals surface area contributed by atoms with Gasteiger partial charge in [-0.25, -0.2) is 0 Å². The molecule has 1 aliphatic heterocycles. The summed E-state index contributed by atoms with van der Waals surface area (Å²) >= 11 is 0.